The summed E-state index contributed by atoms with van der Waals surface area (Å²) in [6, 6.07) is 4.06. The quantitative estimate of drug-likeness (QED) is 0.879. The van der Waals surface area contributed by atoms with Gasteiger partial charge in [0.25, 0.3) is 0 Å². The monoisotopic (exact) mass is 358 g/mol. The number of nitrogens with zero attached hydrogens (tertiary/aromatic N) is 1. The Bertz CT molecular complexity index is 511. The molecule has 1 aliphatic heterocycles. The largest absolute Gasteiger partial charge is 0.340 e. The van der Waals surface area contributed by atoms with E-state index in [4.69, 9.17) is 0 Å². The minimum Gasteiger partial charge on any atom is -0.340 e. The molecule has 1 fully saturated rings. The molecule has 2 heterocycles. The lowest BCUT2D eigenvalue weighted by Gasteiger charge is -2.41. The molecule has 0 atom stereocenters. The number of carbonyl (C=O) groups excluding carboxylic acids is 2. The number of halogens is 1. The smallest absolute Gasteiger partial charge is 0.248 e. The molecule has 2 rings (SSSR count). The first kappa shape index (κ1) is 15.5. The van der Waals surface area contributed by atoms with E-state index in [1.165, 1.54) is 4.88 Å². The normalized spacial score (nSPS) is 18.2. The second kappa shape index (κ2) is 6.26. The summed E-state index contributed by atoms with van der Waals surface area (Å²) in [6.45, 7) is 4.66. The maximum absolute atomic E-state index is 12.6. The number of nitrogens with one attached hydrogen (secondary N) is 1. The number of hydrogen-bond acceptors (Lipinski definition) is 3. The Morgan fingerprint density at radius 2 is 2.05 bits per heavy atom. The van der Waals surface area contributed by atoms with Gasteiger partial charge in [-0.25, -0.2) is 0 Å². The fourth-order valence-corrected chi connectivity index (χ4v) is 4.02. The van der Waals surface area contributed by atoms with Gasteiger partial charge in [0, 0.05) is 11.4 Å². The van der Waals surface area contributed by atoms with Crippen LogP contribution in [0.15, 0.2) is 15.9 Å². The maximum atomic E-state index is 12.6. The van der Waals surface area contributed by atoms with Crippen molar-refractivity contribution in [3.63, 3.8) is 0 Å². The summed E-state index contributed by atoms with van der Waals surface area (Å²) < 4.78 is 1.09. The molecule has 2 amide bonds. The second-order valence-electron chi connectivity index (χ2n) is 5.02. The van der Waals surface area contributed by atoms with E-state index in [9.17, 15) is 9.59 Å². The molecule has 110 valence electrons. The van der Waals surface area contributed by atoms with Gasteiger partial charge in [-0.3, -0.25) is 9.59 Å². The summed E-state index contributed by atoms with van der Waals surface area (Å²) >= 11 is 5.10. The molecule has 0 aromatic carbocycles. The number of carbonyl (C=O) groups is 2. The summed E-state index contributed by atoms with van der Waals surface area (Å²) in [5.74, 6) is -0.00150. The molecular weight excluding hydrogens is 340 g/mol. The molecule has 0 saturated carbocycles. The highest BCUT2D eigenvalue weighted by molar-refractivity contribution is 9.11. The lowest BCUT2D eigenvalue weighted by Crippen LogP contribution is -2.66. The van der Waals surface area contributed by atoms with Crippen LogP contribution in [0, 0.1) is 0 Å². The van der Waals surface area contributed by atoms with Gasteiger partial charge in [-0.05, 0) is 47.3 Å². The third kappa shape index (κ3) is 3.06. The van der Waals surface area contributed by atoms with Crippen molar-refractivity contribution >= 4 is 39.1 Å². The Kier molecular flexibility index (Phi) is 4.86. The van der Waals surface area contributed by atoms with Crippen LogP contribution in [-0.2, 0) is 16.0 Å². The highest BCUT2D eigenvalue weighted by Gasteiger charge is 2.43. The van der Waals surface area contributed by atoms with E-state index in [0.29, 0.717) is 19.4 Å². The predicted octanol–water partition coefficient (Wildman–Crippen LogP) is 2.57. The molecule has 1 aliphatic rings. The molecule has 0 bridgehead atoms. The van der Waals surface area contributed by atoms with Gasteiger partial charge in [0.2, 0.25) is 11.8 Å². The molecule has 4 nitrogen and oxygen atoms in total. The van der Waals surface area contributed by atoms with Crippen molar-refractivity contribution in [1.29, 1.82) is 0 Å². The Labute approximate surface area is 131 Å². The van der Waals surface area contributed by atoms with Crippen LogP contribution < -0.4 is 5.32 Å². The number of thiophene rings is 1. The third-order valence-corrected chi connectivity index (χ3v) is 5.56. The topological polar surface area (TPSA) is 49.4 Å². The second-order valence-corrected chi connectivity index (χ2v) is 7.57. The van der Waals surface area contributed by atoms with E-state index in [0.717, 1.165) is 10.2 Å². The van der Waals surface area contributed by atoms with Crippen molar-refractivity contribution in [1.82, 2.24) is 10.2 Å². The number of amides is 2. The van der Waals surface area contributed by atoms with Crippen molar-refractivity contribution in [2.75, 3.05) is 13.1 Å². The Balaban J connectivity index is 2.06. The molecule has 0 radical (unpaired) electrons. The van der Waals surface area contributed by atoms with E-state index in [1.807, 2.05) is 19.9 Å². The van der Waals surface area contributed by atoms with Crippen LogP contribution in [0.5, 0.6) is 0 Å². The number of rotatable bonds is 5. The van der Waals surface area contributed by atoms with Crippen LogP contribution in [0.25, 0.3) is 0 Å². The van der Waals surface area contributed by atoms with Crippen LogP contribution in [0.4, 0.5) is 0 Å². The van der Waals surface area contributed by atoms with Crippen molar-refractivity contribution < 1.29 is 9.59 Å². The molecule has 20 heavy (non-hydrogen) atoms. The van der Waals surface area contributed by atoms with Crippen LogP contribution in [0.2, 0.25) is 0 Å². The lowest BCUT2D eigenvalue weighted by atomic mass is 9.89. The zero-order valence-electron chi connectivity index (χ0n) is 11.7. The Morgan fingerprint density at radius 3 is 2.60 bits per heavy atom. The average Bonchev–Trinajstić information content (AvgIpc) is 2.85. The minimum absolute atomic E-state index is 0.0534. The van der Waals surface area contributed by atoms with Gasteiger partial charge in [-0.1, -0.05) is 13.8 Å². The zero-order valence-corrected chi connectivity index (χ0v) is 14.1. The van der Waals surface area contributed by atoms with Crippen molar-refractivity contribution in [3.05, 3.63) is 20.8 Å². The lowest BCUT2D eigenvalue weighted by molar-refractivity contribution is -0.150. The van der Waals surface area contributed by atoms with Crippen LogP contribution in [0.1, 0.15) is 31.6 Å². The maximum Gasteiger partial charge on any atom is 0.248 e. The molecule has 1 N–H and O–H groups in total. The van der Waals surface area contributed by atoms with E-state index in [2.05, 4.69) is 27.3 Å². The van der Waals surface area contributed by atoms with Gasteiger partial charge in [-0.15, -0.1) is 11.3 Å². The van der Waals surface area contributed by atoms with E-state index in [1.54, 1.807) is 16.2 Å². The Morgan fingerprint density at radius 1 is 1.35 bits per heavy atom. The first-order valence-corrected chi connectivity index (χ1v) is 8.46. The first-order chi connectivity index (χ1) is 9.50. The van der Waals surface area contributed by atoms with Gasteiger partial charge in [-0.2, -0.15) is 0 Å². The van der Waals surface area contributed by atoms with Crippen molar-refractivity contribution in [2.24, 2.45) is 0 Å². The Hall–Kier alpha value is -0.880. The average molecular weight is 359 g/mol. The van der Waals surface area contributed by atoms with E-state index in [-0.39, 0.29) is 18.4 Å². The van der Waals surface area contributed by atoms with Crippen LogP contribution in [0.3, 0.4) is 0 Å². The zero-order chi connectivity index (χ0) is 14.8. The first-order valence-electron chi connectivity index (χ1n) is 6.85. The standard InChI is InChI=1S/C14H19BrN2O2S/c1-3-14(4-2)13(19)17(9-12(18)16-14)8-7-10-5-6-11(15)20-10/h5-6H,3-4,7-9H2,1-2H3,(H,16,18). The SMILES string of the molecule is CCC1(CC)NC(=O)CN(CCc2ccc(Br)s2)C1=O. The summed E-state index contributed by atoms with van der Waals surface area (Å²) in [5.41, 5.74) is -0.703. The molecular formula is C14H19BrN2O2S. The highest BCUT2D eigenvalue weighted by atomic mass is 79.9. The molecule has 1 saturated heterocycles. The van der Waals surface area contributed by atoms with Gasteiger partial charge in [0.05, 0.1) is 10.3 Å². The summed E-state index contributed by atoms with van der Waals surface area (Å²) in [4.78, 5) is 27.4. The van der Waals surface area contributed by atoms with Crippen LogP contribution in [-0.4, -0.2) is 35.3 Å². The van der Waals surface area contributed by atoms with Gasteiger partial charge in [0.1, 0.15) is 5.54 Å². The fraction of sp³-hybridized carbons (Fsp3) is 0.571. The number of hydrogen-bond donors (Lipinski definition) is 1. The van der Waals surface area contributed by atoms with Gasteiger partial charge < -0.3 is 10.2 Å². The van der Waals surface area contributed by atoms with Gasteiger partial charge in [0.15, 0.2) is 0 Å². The fourth-order valence-electron chi connectivity index (χ4n) is 2.55. The molecule has 1 aromatic heterocycles. The third-order valence-electron chi connectivity index (χ3n) is 3.87. The minimum atomic E-state index is -0.703. The van der Waals surface area contributed by atoms with Crippen molar-refractivity contribution in [2.45, 2.75) is 38.6 Å². The highest BCUT2D eigenvalue weighted by Crippen LogP contribution is 2.25. The van der Waals surface area contributed by atoms with E-state index < -0.39 is 5.54 Å². The van der Waals surface area contributed by atoms with Gasteiger partial charge >= 0.3 is 0 Å². The molecule has 0 aliphatic carbocycles. The van der Waals surface area contributed by atoms with Crippen LogP contribution >= 0.6 is 27.3 Å². The summed E-state index contributed by atoms with van der Waals surface area (Å²) in [7, 11) is 0. The predicted molar refractivity (Wildman–Crippen MR) is 83.8 cm³/mol. The molecule has 0 unspecified atom stereocenters. The molecule has 0 spiro atoms. The summed E-state index contributed by atoms with van der Waals surface area (Å²) in [5, 5.41) is 2.88. The molecule has 1 aromatic rings. The van der Waals surface area contributed by atoms with E-state index >= 15 is 0 Å². The number of piperazine rings is 1. The molecule has 6 heteroatoms. The van der Waals surface area contributed by atoms with Crippen molar-refractivity contribution in [3.8, 4) is 0 Å². The summed E-state index contributed by atoms with van der Waals surface area (Å²) in [6.07, 6.45) is 2.06.